The van der Waals surface area contributed by atoms with E-state index in [0.29, 0.717) is 0 Å². The molecule has 1 spiro atoms. The molecule has 0 saturated carbocycles. The van der Waals surface area contributed by atoms with Crippen molar-refractivity contribution in [1.82, 2.24) is 4.90 Å². The van der Waals surface area contributed by atoms with E-state index >= 15 is 0 Å². The van der Waals surface area contributed by atoms with E-state index in [4.69, 9.17) is 9.57 Å². The lowest BCUT2D eigenvalue weighted by Gasteiger charge is -2.31. The topological polar surface area (TPSA) is 102 Å². The third-order valence-electron chi connectivity index (χ3n) is 6.07. The Morgan fingerprint density at radius 1 is 1.12 bits per heavy atom. The average Bonchev–Trinajstić information content (AvgIpc) is 3.21. The van der Waals surface area contributed by atoms with Crippen LogP contribution >= 0.6 is 0 Å². The first-order valence-corrected chi connectivity index (χ1v) is 11.2. The summed E-state index contributed by atoms with van der Waals surface area (Å²) in [6.45, 7) is 8.89. The van der Waals surface area contributed by atoms with Crippen LogP contribution in [0, 0.1) is 10.1 Å². The number of likely N-dealkylation sites (tertiary alicyclic amines) is 1. The van der Waals surface area contributed by atoms with Crippen LogP contribution in [0.25, 0.3) is 0 Å². The molecule has 2 aliphatic heterocycles. The van der Waals surface area contributed by atoms with Gasteiger partial charge in [0.05, 0.1) is 22.2 Å². The summed E-state index contributed by atoms with van der Waals surface area (Å²) < 4.78 is 5.52. The summed E-state index contributed by atoms with van der Waals surface area (Å²) in [5.74, 6) is -0.447. The molecule has 2 aliphatic rings. The molecule has 0 unspecified atom stereocenters. The first-order chi connectivity index (χ1) is 15.8. The van der Waals surface area contributed by atoms with Crippen LogP contribution in [0.5, 0.6) is 0 Å². The van der Waals surface area contributed by atoms with E-state index in [9.17, 15) is 19.7 Å². The van der Waals surface area contributed by atoms with Gasteiger partial charge in [0, 0.05) is 25.0 Å². The predicted molar refractivity (Wildman–Crippen MR) is 125 cm³/mol. The molecule has 2 amide bonds. The van der Waals surface area contributed by atoms with Gasteiger partial charge in [-0.15, -0.1) is 0 Å². The van der Waals surface area contributed by atoms with Crippen LogP contribution in [-0.4, -0.2) is 38.6 Å². The van der Waals surface area contributed by atoms with Crippen molar-refractivity contribution in [3.63, 3.8) is 0 Å². The molecule has 4 rings (SSSR count). The van der Waals surface area contributed by atoms with Crippen molar-refractivity contribution in [2.75, 3.05) is 5.06 Å². The number of ether oxygens (including phenoxy) is 1. The Morgan fingerprint density at radius 3 is 2.29 bits per heavy atom. The van der Waals surface area contributed by atoms with E-state index in [1.165, 1.54) is 17.0 Å². The number of nitro benzene ring substituents is 1. The molecule has 0 N–H and O–H groups in total. The molecule has 2 fully saturated rings. The van der Waals surface area contributed by atoms with E-state index in [1.807, 2.05) is 44.2 Å². The number of amides is 2. The summed E-state index contributed by atoms with van der Waals surface area (Å²) in [5.41, 5.74) is -1.36. The number of rotatable bonds is 3. The molecule has 9 nitrogen and oxygen atoms in total. The minimum Gasteiger partial charge on any atom is -0.443 e. The van der Waals surface area contributed by atoms with Crippen LogP contribution in [0.15, 0.2) is 54.6 Å². The zero-order valence-corrected chi connectivity index (χ0v) is 20.0. The number of anilines is 1. The fourth-order valence-corrected chi connectivity index (χ4v) is 4.76. The van der Waals surface area contributed by atoms with Crippen molar-refractivity contribution in [1.29, 1.82) is 0 Å². The second-order valence-electron chi connectivity index (χ2n) is 10.4. The van der Waals surface area contributed by atoms with Crippen molar-refractivity contribution >= 4 is 23.4 Å². The largest absolute Gasteiger partial charge is 0.443 e. The quantitative estimate of drug-likeness (QED) is 0.454. The van der Waals surface area contributed by atoms with Gasteiger partial charge in [0.15, 0.2) is 5.60 Å². The number of nitro groups is 1. The summed E-state index contributed by atoms with van der Waals surface area (Å²) in [6, 6.07) is 15.2. The minimum atomic E-state index is -1.28. The highest BCUT2D eigenvalue weighted by Gasteiger charge is 2.64. The lowest BCUT2D eigenvalue weighted by molar-refractivity contribution is -0.384. The van der Waals surface area contributed by atoms with Gasteiger partial charge in [-0.1, -0.05) is 30.3 Å². The SMILES string of the molecule is CC(C)(C)OC(=O)N1C(=O)[C@]2(C[C@H](c3ccc([N+](=O)[O-])cc3)N(c3ccccc3)O2)CC1(C)C. The third-order valence-corrected chi connectivity index (χ3v) is 6.07. The molecule has 0 bridgehead atoms. The molecule has 9 heteroatoms. The Morgan fingerprint density at radius 2 is 1.74 bits per heavy atom. The van der Waals surface area contributed by atoms with Gasteiger partial charge in [-0.2, -0.15) is 0 Å². The van der Waals surface area contributed by atoms with Gasteiger partial charge in [-0.25, -0.2) is 14.8 Å². The van der Waals surface area contributed by atoms with Gasteiger partial charge in [0.25, 0.3) is 11.6 Å². The summed E-state index contributed by atoms with van der Waals surface area (Å²) in [4.78, 5) is 45.0. The number of carbonyl (C=O) groups excluding carboxylic acids is 2. The maximum atomic E-state index is 13.8. The summed E-state index contributed by atoms with van der Waals surface area (Å²) in [7, 11) is 0. The van der Waals surface area contributed by atoms with Crippen LogP contribution in [0.2, 0.25) is 0 Å². The lowest BCUT2D eigenvalue weighted by Crippen LogP contribution is -2.49. The number of carbonyl (C=O) groups is 2. The monoisotopic (exact) mass is 467 g/mol. The first-order valence-electron chi connectivity index (χ1n) is 11.2. The number of imide groups is 1. The number of nitrogens with zero attached hydrogens (tertiary/aromatic N) is 3. The number of hydrogen-bond donors (Lipinski definition) is 0. The number of hydrogen-bond acceptors (Lipinski definition) is 7. The van der Waals surface area contributed by atoms with Gasteiger partial charge in [-0.05, 0) is 52.3 Å². The van der Waals surface area contributed by atoms with Crippen molar-refractivity contribution in [2.24, 2.45) is 0 Å². The Kier molecular flexibility index (Phi) is 5.64. The lowest BCUT2D eigenvalue weighted by atomic mass is 9.86. The normalized spacial score (nSPS) is 24.0. The molecule has 2 atom stereocenters. The molecular formula is C25H29N3O6. The Bertz CT molecular complexity index is 1110. The van der Waals surface area contributed by atoms with Crippen LogP contribution < -0.4 is 5.06 Å². The fraction of sp³-hybridized carbons (Fsp3) is 0.440. The standard InChI is InChI=1S/C25H29N3O6/c1-23(2,3)33-22(30)26-21(29)25(16-24(26,4)5)15-20(17-11-13-19(14-12-17)28(31)32)27(34-25)18-9-7-6-8-10-18/h6-14,20H,15-16H2,1-5H3/t20-,25+/m1/s1. The Hall–Kier alpha value is -3.46. The molecule has 2 saturated heterocycles. The second kappa shape index (κ2) is 8.09. The molecule has 2 aromatic rings. The highest BCUT2D eigenvalue weighted by Crippen LogP contribution is 2.52. The third kappa shape index (κ3) is 4.23. The van der Waals surface area contributed by atoms with Crippen molar-refractivity contribution in [3.05, 3.63) is 70.3 Å². The molecule has 0 aliphatic carbocycles. The minimum absolute atomic E-state index is 0.0159. The summed E-state index contributed by atoms with van der Waals surface area (Å²) in [5, 5.41) is 12.8. The molecule has 2 heterocycles. The van der Waals surface area contributed by atoms with Gasteiger partial charge in [-0.3, -0.25) is 19.7 Å². The number of benzene rings is 2. The van der Waals surface area contributed by atoms with Gasteiger partial charge in [0.2, 0.25) is 0 Å². The number of hydroxylamine groups is 1. The molecular weight excluding hydrogens is 438 g/mol. The van der Waals surface area contributed by atoms with Crippen molar-refractivity contribution in [3.8, 4) is 0 Å². The van der Waals surface area contributed by atoms with E-state index in [0.717, 1.165) is 11.3 Å². The van der Waals surface area contributed by atoms with Crippen LogP contribution in [0.4, 0.5) is 16.2 Å². The highest BCUT2D eigenvalue weighted by atomic mass is 16.7. The number of para-hydroxylation sites is 1. The zero-order valence-electron chi connectivity index (χ0n) is 20.0. The summed E-state index contributed by atoms with van der Waals surface area (Å²) in [6.07, 6.45) is -0.139. The van der Waals surface area contributed by atoms with Crippen molar-refractivity contribution < 1.29 is 24.1 Å². The first kappa shape index (κ1) is 23.7. The van der Waals surface area contributed by atoms with Gasteiger partial charge in [0.1, 0.15) is 5.60 Å². The average molecular weight is 468 g/mol. The molecule has 34 heavy (non-hydrogen) atoms. The molecule has 0 radical (unpaired) electrons. The van der Waals surface area contributed by atoms with Crippen LogP contribution in [0.3, 0.4) is 0 Å². The maximum absolute atomic E-state index is 13.8. The second-order valence-corrected chi connectivity index (χ2v) is 10.4. The maximum Gasteiger partial charge on any atom is 0.417 e. The number of non-ortho nitro benzene ring substituents is 1. The summed E-state index contributed by atoms with van der Waals surface area (Å²) >= 11 is 0. The molecule has 2 aromatic carbocycles. The van der Waals surface area contributed by atoms with E-state index < -0.39 is 33.7 Å². The fourth-order valence-electron chi connectivity index (χ4n) is 4.76. The molecule has 180 valence electrons. The predicted octanol–water partition coefficient (Wildman–Crippen LogP) is 5.16. The van der Waals surface area contributed by atoms with E-state index in [-0.39, 0.29) is 24.6 Å². The van der Waals surface area contributed by atoms with Crippen molar-refractivity contribution in [2.45, 2.75) is 70.2 Å². The van der Waals surface area contributed by atoms with Crippen LogP contribution in [0.1, 0.15) is 59.1 Å². The highest BCUT2D eigenvalue weighted by molar-refractivity contribution is 6.00. The zero-order chi connectivity index (χ0) is 24.9. The Labute approximate surface area is 198 Å². The molecule has 0 aromatic heterocycles. The smallest absolute Gasteiger partial charge is 0.417 e. The van der Waals surface area contributed by atoms with Crippen LogP contribution in [-0.2, 0) is 14.4 Å². The van der Waals surface area contributed by atoms with E-state index in [1.54, 1.807) is 38.0 Å². The Balaban J connectivity index is 1.72. The van der Waals surface area contributed by atoms with Gasteiger partial charge < -0.3 is 4.74 Å². The van der Waals surface area contributed by atoms with Gasteiger partial charge >= 0.3 is 6.09 Å². The van der Waals surface area contributed by atoms with E-state index in [2.05, 4.69) is 0 Å².